The molecule has 0 unspecified atom stereocenters. The maximum atomic E-state index is 14.9. The molecule has 1 aromatic rings. The van der Waals surface area contributed by atoms with E-state index < -0.39 is 33.6 Å². The van der Waals surface area contributed by atoms with Gasteiger partial charge in [0, 0.05) is 5.56 Å². The van der Waals surface area contributed by atoms with Gasteiger partial charge in [-0.1, -0.05) is 72.6 Å². The first kappa shape index (κ1) is 34.0. The lowest BCUT2D eigenvalue weighted by molar-refractivity contribution is -0.176. The molecule has 0 heterocycles. The maximum Gasteiger partial charge on any atom is 0.184 e. The zero-order valence-corrected chi connectivity index (χ0v) is 27.6. The molecule has 3 rings (SSSR count). The average Bonchev–Trinajstić information content (AvgIpc) is 2.91. The van der Waals surface area contributed by atoms with Crippen molar-refractivity contribution >= 4 is 23.1 Å². The van der Waals surface area contributed by atoms with Crippen molar-refractivity contribution in [2.24, 2.45) is 22.2 Å². The summed E-state index contributed by atoms with van der Waals surface area (Å²) in [5, 5.41) is 21.6. The predicted octanol–water partition coefficient (Wildman–Crippen LogP) is 9.20. The van der Waals surface area contributed by atoms with Gasteiger partial charge in [0.25, 0.3) is 0 Å². The van der Waals surface area contributed by atoms with Crippen LogP contribution in [0.25, 0.3) is 5.76 Å². The van der Waals surface area contributed by atoms with Gasteiger partial charge in [0.1, 0.15) is 22.5 Å². The van der Waals surface area contributed by atoms with E-state index in [-0.39, 0.29) is 41.4 Å². The number of phenols is 1. The third-order valence-electron chi connectivity index (χ3n) is 9.69. The van der Waals surface area contributed by atoms with E-state index in [0.29, 0.717) is 12.8 Å². The standard InChI is InChI=1S/C38H50O5/c1-24(2)12-10-13-27(7)16-17-29-23-37(20-18-25(3)4)33(41)31(32(40)28-14-11-15-30(39)22-28)34(42)38(35(37)43,36(29,8)9)21-19-26(5)6/h11-12,14-16,18-19,22,29,39-40H,10,13,17,20-21,23H2,1-9H3/b27-16+,32-31?/t29-,37-,38+/m0/s1. The average molecular weight is 587 g/mol. The molecule has 1 aromatic carbocycles. The Labute approximate surface area is 258 Å². The molecule has 2 fully saturated rings. The Morgan fingerprint density at radius 1 is 0.860 bits per heavy atom. The molecule has 0 aromatic heterocycles. The summed E-state index contributed by atoms with van der Waals surface area (Å²) < 4.78 is 0. The van der Waals surface area contributed by atoms with Gasteiger partial charge in [0.15, 0.2) is 17.3 Å². The summed E-state index contributed by atoms with van der Waals surface area (Å²) in [7, 11) is 0. The van der Waals surface area contributed by atoms with Crippen molar-refractivity contribution in [3.05, 3.63) is 82.0 Å². The first-order valence-corrected chi connectivity index (χ1v) is 15.4. The molecule has 0 aliphatic heterocycles. The summed E-state index contributed by atoms with van der Waals surface area (Å²) in [5.41, 5.74) is 0.474. The minimum absolute atomic E-state index is 0.0951. The summed E-state index contributed by atoms with van der Waals surface area (Å²) in [6, 6.07) is 5.89. The van der Waals surface area contributed by atoms with Crippen LogP contribution in [0.3, 0.4) is 0 Å². The number of rotatable bonds is 10. The molecule has 2 aliphatic carbocycles. The molecular formula is C38H50O5. The normalized spacial score (nSPS) is 26.1. The maximum absolute atomic E-state index is 14.9. The van der Waals surface area contributed by atoms with Crippen LogP contribution in [0.4, 0.5) is 0 Å². The Morgan fingerprint density at radius 2 is 1.47 bits per heavy atom. The largest absolute Gasteiger partial charge is 0.508 e. The van der Waals surface area contributed by atoms with Gasteiger partial charge in [0.05, 0.1) is 5.41 Å². The highest BCUT2D eigenvalue weighted by molar-refractivity contribution is 6.41. The fourth-order valence-corrected chi connectivity index (χ4v) is 6.84. The fourth-order valence-electron chi connectivity index (χ4n) is 6.84. The number of allylic oxidation sites excluding steroid dienone is 9. The number of ketones is 3. The molecule has 2 aliphatic rings. The highest BCUT2D eigenvalue weighted by Gasteiger charge is 2.73. The smallest absolute Gasteiger partial charge is 0.184 e. The molecule has 0 amide bonds. The van der Waals surface area contributed by atoms with Crippen LogP contribution in [-0.4, -0.2) is 27.6 Å². The van der Waals surface area contributed by atoms with Gasteiger partial charge < -0.3 is 10.2 Å². The number of phenolic OH excluding ortho intramolecular Hbond substituents is 1. The first-order valence-electron chi connectivity index (χ1n) is 15.4. The summed E-state index contributed by atoms with van der Waals surface area (Å²) in [6.07, 6.45) is 11.4. The Hall–Kier alpha value is -3.47. The Bertz CT molecular complexity index is 1430. The summed E-state index contributed by atoms with van der Waals surface area (Å²) in [4.78, 5) is 44.3. The topological polar surface area (TPSA) is 91.7 Å². The number of hydrogen-bond donors (Lipinski definition) is 2. The number of Topliss-reactive ketones (excluding diaryl/α,β-unsaturated/α-hetero) is 3. The lowest BCUT2D eigenvalue weighted by Gasteiger charge is -2.60. The number of aromatic hydroxyl groups is 1. The van der Waals surface area contributed by atoms with E-state index in [2.05, 4.69) is 32.9 Å². The van der Waals surface area contributed by atoms with Gasteiger partial charge in [-0.2, -0.15) is 0 Å². The van der Waals surface area contributed by atoms with E-state index in [9.17, 15) is 24.6 Å². The lowest BCUT2D eigenvalue weighted by atomic mass is 9.38. The molecule has 232 valence electrons. The zero-order chi connectivity index (χ0) is 32.3. The Kier molecular flexibility index (Phi) is 10.3. The van der Waals surface area contributed by atoms with E-state index in [1.54, 1.807) is 12.1 Å². The van der Waals surface area contributed by atoms with E-state index in [4.69, 9.17) is 0 Å². The Morgan fingerprint density at radius 3 is 2.05 bits per heavy atom. The number of carbonyl (C=O) groups is 3. The van der Waals surface area contributed by atoms with Crippen LogP contribution in [0.2, 0.25) is 0 Å². The van der Waals surface area contributed by atoms with Crippen LogP contribution in [0.15, 0.2) is 76.4 Å². The van der Waals surface area contributed by atoms with E-state index >= 15 is 0 Å². The van der Waals surface area contributed by atoms with Gasteiger partial charge in [-0.3, -0.25) is 14.4 Å². The van der Waals surface area contributed by atoms with Gasteiger partial charge in [-0.15, -0.1) is 0 Å². The summed E-state index contributed by atoms with van der Waals surface area (Å²) >= 11 is 0. The van der Waals surface area contributed by atoms with Crippen molar-refractivity contribution in [3.63, 3.8) is 0 Å². The molecule has 0 radical (unpaired) electrons. The number of aliphatic hydroxyl groups is 1. The number of fused-ring (bicyclic) bond motifs is 2. The van der Waals surface area contributed by atoms with Crippen molar-refractivity contribution in [2.75, 3.05) is 0 Å². The monoisotopic (exact) mass is 586 g/mol. The molecular weight excluding hydrogens is 536 g/mol. The molecule has 5 heteroatoms. The molecule has 0 saturated heterocycles. The van der Waals surface area contributed by atoms with Crippen LogP contribution >= 0.6 is 0 Å². The number of benzene rings is 1. The number of hydrogen-bond acceptors (Lipinski definition) is 5. The van der Waals surface area contributed by atoms with Crippen molar-refractivity contribution in [1.29, 1.82) is 0 Å². The highest BCUT2D eigenvalue weighted by Crippen LogP contribution is 2.65. The van der Waals surface area contributed by atoms with Crippen molar-refractivity contribution in [3.8, 4) is 5.75 Å². The summed E-state index contributed by atoms with van der Waals surface area (Å²) in [6.45, 7) is 18.0. The SMILES string of the molecule is CC(C)=CCC/C(C)=C/C[C@H]1C[C@@]2(CC=C(C)C)C(=O)C(=C(O)c3cccc(O)c3)C(=O)[C@](CC=C(C)C)(C2=O)C1(C)C. The third kappa shape index (κ3) is 6.41. The van der Waals surface area contributed by atoms with Gasteiger partial charge in [-0.05, 0) is 110 Å². The molecule has 2 saturated carbocycles. The van der Waals surface area contributed by atoms with Crippen molar-refractivity contribution in [2.45, 2.75) is 101 Å². The van der Waals surface area contributed by atoms with E-state index in [1.165, 1.54) is 23.3 Å². The van der Waals surface area contributed by atoms with Crippen LogP contribution in [0.1, 0.15) is 106 Å². The predicted molar refractivity (Wildman–Crippen MR) is 175 cm³/mol. The molecule has 0 spiro atoms. The van der Waals surface area contributed by atoms with Crippen LogP contribution in [0, 0.1) is 22.2 Å². The second-order valence-corrected chi connectivity index (χ2v) is 13.9. The second-order valence-electron chi connectivity index (χ2n) is 13.9. The van der Waals surface area contributed by atoms with Crippen LogP contribution in [0.5, 0.6) is 5.75 Å². The number of aliphatic hydroxyl groups excluding tert-OH is 1. The van der Waals surface area contributed by atoms with Gasteiger partial charge in [0.2, 0.25) is 0 Å². The lowest BCUT2D eigenvalue weighted by Crippen LogP contribution is -2.69. The highest BCUT2D eigenvalue weighted by atomic mass is 16.3. The van der Waals surface area contributed by atoms with Crippen molar-refractivity contribution < 1.29 is 24.6 Å². The molecule has 5 nitrogen and oxygen atoms in total. The van der Waals surface area contributed by atoms with Gasteiger partial charge in [-0.25, -0.2) is 0 Å². The third-order valence-corrected chi connectivity index (χ3v) is 9.69. The van der Waals surface area contributed by atoms with E-state index in [1.807, 2.05) is 53.7 Å². The van der Waals surface area contributed by atoms with Gasteiger partial charge >= 0.3 is 0 Å². The van der Waals surface area contributed by atoms with E-state index in [0.717, 1.165) is 24.0 Å². The molecule has 2 bridgehead atoms. The first-order chi connectivity index (χ1) is 20.0. The number of carbonyl (C=O) groups excluding carboxylic acids is 3. The quantitative estimate of drug-likeness (QED) is 0.0937. The summed E-state index contributed by atoms with van der Waals surface area (Å²) in [5.74, 6) is -2.26. The Balaban J connectivity index is 2.31. The minimum atomic E-state index is -1.54. The molecule has 43 heavy (non-hydrogen) atoms. The molecule has 3 atom stereocenters. The minimum Gasteiger partial charge on any atom is -0.508 e. The zero-order valence-electron chi connectivity index (χ0n) is 27.6. The van der Waals surface area contributed by atoms with Crippen LogP contribution in [-0.2, 0) is 14.4 Å². The van der Waals surface area contributed by atoms with Crippen LogP contribution < -0.4 is 0 Å². The fraction of sp³-hybridized carbons (Fsp3) is 0.500. The van der Waals surface area contributed by atoms with Crippen molar-refractivity contribution in [1.82, 2.24) is 0 Å². The second kappa shape index (κ2) is 13.0. The molecule has 2 N–H and O–H groups in total.